The number of aromatic nitrogens is 6. The van der Waals surface area contributed by atoms with Crippen LogP contribution in [0.2, 0.25) is 5.82 Å². The van der Waals surface area contributed by atoms with Crippen molar-refractivity contribution in [2.75, 3.05) is 0 Å². The Hall–Kier alpha value is -5.24. The first kappa shape index (κ1) is 27.3. The number of nitrogens with zero attached hydrogens (tertiary/aromatic N) is 6. The predicted molar refractivity (Wildman–Crippen MR) is 176 cm³/mol. The van der Waals surface area contributed by atoms with E-state index in [1.54, 1.807) is 12.4 Å². The Morgan fingerprint density at radius 3 is 2.07 bits per heavy atom. The summed E-state index contributed by atoms with van der Waals surface area (Å²) in [7, 11) is 2.13. The van der Waals surface area contributed by atoms with Gasteiger partial charge in [0.15, 0.2) is 17.8 Å². The van der Waals surface area contributed by atoms with Crippen LogP contribution in [0.4, 0.5) is 0 Å². The number of para-hydroxylation sites is 1. The van der Waals surface area contributed by atoms with E-state index in [0.717, 1.165) is 11.2 Å². The van der Waals surface area contributed by atoms with Gasteiger partial charge in [0.2, 0.25) is 5.69 Å². The van der Waals surface area contributed by atoms with E-state index in [0.29, 0.717) is 28.8 Å². The van der Waals surface area contributed by atoms with Crippen molar-refractivity contribution in [3.05, 3.63) is 126 Å². The molecule has 2 atom stereocenters. The molecular formula is C37H32BN6O+. The molecule has 1 aliphatic heterocycles. The van der Waals surface area contributed by atoms with E-state index in [2.05, 4.69) is 97.1 Å². The van der Waals surface area contributed by atoms with Crippen LogP contribution < -0.4 is 20.5 Å². The first-order valence-corrected chi connectivity index (χ1v) is 15.3. The molecule has 0 saturated heterocycles. The van der Waals surface area contributed by atoms with Crippen LogP contribution in [0.25, 0.3) is 34.3 Å². The van der Waals surface area contributed by atoms with Crippen molar-refractivity contribution in [1.29, 1.82) is 0 Å². The Labute approximate surface area is 263 Å². The van der Waals surface area contributed by atoms with Crippen molar-refractivity contribution >= 4 is 17.9 Å². The van der Waals surface area contributed by atoms with Crippen molar-refractivity contribution in [2.45, 2.75) is 38.1 Å². The summed E-state index contributed by atoms with van der Waals surface area (Å²) < 4.78 is 9.28. The van der Waals surface area contributed by atoms with Gasteiger partial charge in [-0.1, -0.05) is 62.4 Å². The lowest BCUT2D eigenvalue weighted by atomic mass is 9.31. The Kier molecular flexibility index (Phi) is 6.34. The van der Waals surface area contributed by atoms with E-state index in [1.165, 1.54) is 27.9 Å². The number of pyridine rings is 3. The van der Waals surface area contributed by atoms with E-state index in [4.69, 9.17) is 19.7 Å². The minimum atomic E-state index is -0.271. The molecule has 8 heteroatoms. The zero-order chi connectivity index (χ0) is 30.7. The highest BCUT2D eigenvalue weighted by atomic mass is 16.5. The Balaban J connectivity index is 1.39. The number of hydrogen-bond acceptors (Lipinski definition) is 6. The molecule has 2 aliphatic rings. The van der Waals surface area contributed by atoms with E-state index in [9.17, 15) is 0 Å². The molecule has 6 aromatic rings. The number of aryl methyl sites for hydroxylation is 2. The smallest absolute Gasteiger partial charge is 0.270 e. The second-order valence-electron chi connectivity index (χ2n) is 12.5. The van der Waals surface area contributed by atoms with E-state index < -0.39 is 0 Å². The van der Waals surface area contributed by atoms with Crippen LogP contribution in [0.1, 0.15) is 36.6 Å². The molecule has 0 amide bonds. The summed E-state index contributed by atoms with van der Waals surface area (Å²) in [5.41, 5.74) is 9.02. The van der Waals surface area contributed by atoms with Crippen molar-refractivity contribution in [2.24, 2.45) is 7.05 Å². The molecule has 8 rings (SSSR count). The summed E-state index contributed by atoms with van der Waals surface area (Å²) in [6.45, 7) is 6.67. The lowest BCUT2D eigenvalue weighted by Gasteiger charge is -2.39. The minimum absolute atomic E-state index is 0.00290. The van der Waals surface area contributed by atoms with Crippen molar-refractivity contribution < 1.29 is 9.30 Å². The number of benzene rings is 2. The zero-order valence-electron chi connectivity index (χ0n) is 25.7. The van der Waals surface area contributed by atoms with E-state index in [-0.39, 0.29) is 24.0 Å². The van der Waals surface area contributed by atoms with Crippen LogP contribution in [-0.2, 0) is 12.5 Å². The molecular weight excluding hydrogens is 555 g/mol. The highest BCUT2D eigenvalue weighted by molar-refractivity contribution is 6.86. The van der Waals surface area contributed by atoms with Gasteiger partial charge in [0.1, 0.15) is 30.3 Å². The summed E-state index contributed by atoms with van der Waals surface area (Å²) in [6, 6.07) is 30.8. The number of fused-ring (bicyclic) bond motifs is 4. The van der Waals surface area contributed by atoms with E-state index in [1.807, 2.05) is 42.5 Å². The zero-order valence-corrected chi connectivity index (χ0v) is 25.7. The molecule has 45 heavy (non-hydrogen) atoms. The topological polar surface area (TPSA) is 77.6 Å². The highest BCUT2D eigenvalue weighted by Crippen LogP contribution is 2.59. The van der Waals surface area contributed by atoms with Crippen molar-refractivity contribution in [3.8, 4) is 40.0 Å². The van der Waals surface area contributed by atoms with Gasteiger partial charge in [0, 0.05) is 29.8 Å². The van der Waals surface area contributed by atoms with Gasteiger partial charge < -0.3 is 4.74 Å². The second kappa shape index (κ2) is 10.4. The fourth-order valence-electron chi connectivity index (χ4n) is 7.38. The van der Waals surface area contributed by atoms with Crippen molar-refractivity contribution in [3.63, 3.8) is 0 Å². The maximum absolute atomic E-state index is 7.05. The van der Waals surface area contributed by atoms with E-state index >= 15 is 0 Å². The molecule has 0 spiro atoms. The fourth-order valence-corrected chi connectivity index (χ4v) is 7.38. The Morgan fingerprint density at radius 2 is 1.40 bits per heavy atom. The van der Waals surface area contributed by atoms with Crippen molar-refractivity contribution in [1.82, 2.24) is 24.9 Å². The molecule has 7 nitrogen and oxygen atoms in total. The SMILES string of the molecule is Cc1ccccc1-c1c2c(cc[n+]1C)C(C)(C)C1B(c3nc(-c4ccccn4)nc(-c4ccccn4)n3)c3ccccc3OC21. The molecule has 2 aromatic carbocycles. The second-order valence-corrected chi connectivity index (χ2v) is 12.5. The van der Waals surface area contributed by atoms with Gasteiger partial charge in [-0.2, -0.15) is 0 Å². The van der Waals surface area contributed by atoms with Gasteiger partial charge in [-0.05, 0) is 65.3 Å². The molecule has 0 N–H and O–H groups in total. The Bertz CT molecular complexity index is 2010. The van der Waals surface area contributed by atoms with Gasteiger partial charge in [-0.3, -0.25) is 9.97 Å². The number of ether oxygens (including phenoxy) is 1. The molecule has 218 valence electrons. The molecule has 0 fully saturated rings. The van der Waals surface area contributed by atoms with Crippen LogP contribution in [0, 0.1) is 6.92 Å². The van der Waals surface area contributed by atoms with Crippen LogP contribution in [0.3, 0.4) is 0 Å². The van der Waals surface area contributed by atoms with Crippen LogP contribution in [0.15, 0.2) is 110 Å². The lowest BCUT2D eigenvalue weighted by molar-refractivity contribution is -0.660. The summed E-state index contributed by atoms with van der Waals surface area (Å²) in [6.07, 6.45) is 5.50. The fraction of sp³-hybridized carbons (Fsp3) is 0.189. The molecule has 1 aliphatic carbocycles. The molecule has 0 saturated carbocycles. The average Bonchev–Trinajstić information content (AvgIpc) is 3.30. The third-order valence-electron chi connectivity index (χ3n) is 9.49. The summed E-state index contributed by atoms with van der Waals surface area (Å²) in [5, 5.41) is 0. The first-order chi connectivity index (χ1) is 21.9. The largest absolute Gasteiger partial charge is 0.486 e. The van der Waals surface area contributed by atoms with Gasteiger partial charge in [-0.15, -0.1) is 0 Å². The third-order valence-corrected chi connectivity index (χ3v) is 9.49. The van der Waals surface area contributed by atoms with Crippen LogP contribution >= 0.6 is 0 Å². The molecule has 2 unspecified atom stereocenters. The van der Waals surface area contributed by atoms with Gasteiger partial charge in [0.05, 0.1) is 11.3 Å². The summed E-state index contributed by atoms with van der Waals surface area (Å²) >= 11 is 0. The highest BCUT2D eigenvalue weighted by Gasteiger charge is 2.59. The van der Waals surface area contributed by atoms with Crippen LogP contribution in [0.5, 0.6) is 5.75 Å². The summed E-state index contributed by atoms with van der Waals surface area (Å²) in [4.78, 5) is 24.4. The maximum atomic E-state index is 7.05. The van der Waals surface area contributed by atoms with Gasteiger partial charge in [-0.25, -0.2) is 19.5 Å². The Morgan fingerprint density at radius 1 is 0.756 bits per heavy atom. The number of hydrogen-bond donors (Lipinski definition) is 0. The van der Waals surface area contributed by atoms with Gasteiger partial charge >= 0.3 is 0 Å². The standard InChI is InChI=1S/C37H32BN6O/c1-23-13-5-6-14-24(23)31-30-25(19-22-44(31)4)37(2,3)33-32(30)45-29-18-8-7-15-26(29)38(33)36-42-34(27-16-9-11-20-39-27)41-35(43-36)28-17-10-12-21-40-28/h5-22,32-33H,1-4H3/q+1. The monoisotopic (exact) mass is 587 g/mol. The average molecular weight is 588 g/mol. The lowest BCUT2D eigenvalue weighted by Crippen LogP contribution is -2.57. The quantitative estimate of drug-likeness (QED) is 0.209. The summed E-state index contributed by atoms with van der Waals surface area (Å²) in [5.74, 6) is 1.92. The maximum Gasteiger partial charge on any atom is 0.270 e. The third kappa shape index (κ3) is 4.35. The molecule has 5 heterocycles. The predicted octanol–water partition coefficient (Wildman–Crippen LogP) is 5.20. The van der Waals surface area contributed by atoms with Gasteiger partial charge in [0.25, 0.3) is 6.71 Å². The molecule has 0 radical (unpaired) electrons. The minimum Gasteiger partial charge on any atom is -0.486 e. The number of rotatable bonds is 4. The first-order valence-electron chi connectivity index (χ1n) is 15.3. The molecule has 4 aromatic heterocycles. The van der Waals surface area contributed by atoms with Crippen LogP contribution in [-0.4, -0.2) is 31.6 Å². The normalized spacial score (nSPS) is 17.6. The molecule has 0 bridgehead atoms.